The largest absolute Gasteiger partial charge is 0.462 e. The Hall–Kier alpha value is -4.71. The molecule has 0 aromatic heterocycles. The van der Waals surface area contributed by atoms with Gasteiger partial charge >= 0.3 is 17.9 Å². The van der Waals surface area contributed by atoms with Crippen LogP contribution in [0.15, 0.2) is 146 Å². The Labute approximate surface area is 467 Å². The van der Waals surface area contributed by atoms with Crippen molar-refractivity contribution in [2.45, 2.75) is 264 Å². The third kappa shape index (κ3) is 60.2. The Morgan fingerprint density at radius 2 is 0.526 bits per heavy atom. The monoisotopic (exact) mass is 1050 g/mol. The standard InChI is InChI=1S/C70H112O6/c1-4-7-10-13-16-19-22-25-28-29-30-31-32-33-34-35-36-37-38-39-40-41-43-45-48-51-54-57-60-63-69(72)75-66-67(65-74-68(71)62-59-56-53-50-47-44-27-24-21-18-15-12-9-6-3)76-70(73)64-61-58-55-52-49-46-42-26-23-20-17-14-11-8-5-2/h7,10,15-20,24-28,30-31,33-34,36-37,39-40,42-43,45,67H,4-6,8-9,11-14,21-23,29,32,35,38,41,44,46-66H2,1-3H3/b10-7-,18-15-,19-16-,20-17-,27-24-,28-25-,31-30-,34-33-,37-36-,40-39-,42-26-,45-43-. The summed E-state index contributed by atoms with van der Waals surface area (Å²) in [6.07, 6.45) is 89.8. The average molecular weight is 1050 g/mol. The highest BCUT2D eigenvalue weighted by molar-refractivity contribution is 5.71. The van der Waals surface area contributed by atoms with Crippen molar-refractivity contribution in [3.63, 3.8) is 0 Å². The van der Waals surface area contributed by atoms with Crippen molar-refractivity contribution < 1.29 is 28.6 Å². The Morgan fingerprint density at radius 1 is 0.276 bits per heavy atom. The third-order valence-electron chi connectivity index (χ3n) is 12.5. The van der Waals surface area contributed by atoms with Gasteiger partial charge in [0.1, 0.15) is 13.2 Å². The van der Waals surface area contributed by atoms with E-state index in [-0.39, 0.29) is 31.1 Å². The SMILES string of the molecule is CC/C=C\C/C=C\C/C=C\C/C=C\C/C=C\C/C=C\C/C=C\C/C=C\CCCCCCC(=O)OCC(COC(=O)CCCCCCC/C=C\C/C=C\CCCC)OC(=O)CCCCCCC/C=C\C/C=C\CCCCC. The van der Waals surface area contributed by atoms with Crippen LogP contribution in [0.4, 0.5) is 0 Å². The molecule has 1 unspecified atom stereocenters. The van der Waals surface area contributed by atoms with E-state index in [0.29, 0.717) is 19.3 Å². The van der Waals surface area contributed by atoms with E-state index >= 15 is 0 Å². The van der Waals surface area contributed by atoms with E-state index in [1.54, 1.807) is 0 Å². The van der Waals surface area contributed by atoms with E-state index in [2.05, 4.69) is 167 Å². The van der Waals surface area contributed by atoms with Crippen LogP contribution in [0, 0.1) is 0 Å². The Balaban J connectivity index is 4.42. The van der Waals surface area contributed by atoms with Crippen molar-refractivity contribution in [1.82, 2.24) is 0 Å². The van der Waals surface area contributed by atoms with Crippen LogP contribution in [0.1, 0.15) is 258 Å². The minimum atomic E-state index is -0.809. The highest BCUT2D eigenvalue weighted by atomic mass is 16.6. The van der Waals surface area contributed by atoms with Crippen molar-refractivity contribution in [1.29, 1.82) is 0 Å². The molecule has 0 fully saturated rings. The number of ether oxygens (including phenoxy) is 3. The second kappa shape index (κ2) is 62.8. The first-order chi connectivity index (χ1) is 37.5. The van der Waals surface area contributed by atoms with Crippen molar-refractivity contribution in [2.24, 2.45) is 0 Å². The molecule has 428 valence electrons. The van der Waals surface area contributed by atoms with E-state index < -0.39 is 6.10 Å². The maximum absolute atomic E-state index is 12.9. The van der Waals surface area contributed by atoms with Crippen LogP contribution in [0.2, 0.25) is 0 Å². The summed E-state index contributed by atoms with van der Waals surface area (Å²) in [4.78, 5) is 38.2. The molecule has 0 radical (unpaired) electrons. The lowest BCUT2D eigenvalue weighted by atomic mass is 10.1. The fourth-order valence-corrected chi connectivity index (χ4v) is 7.92. The molecule has 0 heterocycles. The number of rotatable bonds is 54. The molecule has 0 saturated heterocycles. The van der Waals surface area contributed by atoms with Crippen LogP contribution >= 0.6 is 0 Å². The fourth-order valence-electron chi connectivity index (χ4n) is 7.92. The van der Waals surface area contributed by atoms with Crippen molar-refractivity contribution in [2.75, 3.05) is 13.2 Å². The second-order valence-electron chi connectivity index (χ2n) is 19.9. The summed E-state index contributed by atoms with van der Waals surface area (Å²) in [6.45, 7) is 6.41. The summed E-state index contributed by atoms with van der Waals surface area (Å²) in [5.41, 5.74) is 0. The number of unbranched alkanes of at least 4 members (excludes halogenated alkanes) is 19. The lowest BCUT2D eigenvalue weighted by Gasteiger charge is -2.18. The van der Waals surface area contributed by atoms with Gasteiger partial charge in [0.25, 0.3) is 0 Å². The van der Waals surface area contributed by atoms with Crippen LogP contribution in [-0.4, -0.2) is 37.2 Å². The van der Waals surface area contributed by atoms with Crippen LogP contribution < -0.4 is 0 Å². The van der Waals surface area contributed by atoms with Gasteiger partial charge in [0.2, 0.25) is 0 Å². The highest BCUT2D eigenvalue weighted by Gasteiger charge is 2.19. The van der Waals surface area contributed by atoms with Gasteiger partial charge in [-0.3, -0.25) is 14.4 Å². The first kappa shape index (κ1) is 71.3. The van der Waals surface area contributed by atoms with E-state index in [9.17, 15) is 14.4 Å². The summed E-state index contributed by atoms with van der Waals surface area (Å²) in [7, 11) is 0. The van der Waals surface area contributed by atoms with Gasteiger partial charge < -0.3 is 14.2 Å². The molecule has 76 heavy (non-hydrogen) atoms. The maximum atomic E-state index is 12.9. The van der Waals surface area contributed by atoms with Gasteiger partial charge in [0.15, 0.2) is 6.10 Å². The number of carbonyl (C=O) groups is 3. The van der Waals surface area contributed by atoms with Crippen LogP contribution in [0.5, 0.6) is 0 Å². The highest BCUT2D eigenvalue weighted by Crippen LogP contribution is 2.13. The third-order valence-corrected chi connectivity index (χ3v) is 12.5. The molecule has 6 nitrogen and oxygen atoms in total. The molecule has 0 aromatic carbocycles. The maximum Gasteiger partial charge on any atom is 0.306 e. The predicted molar refractivity (Wildman–Crippen MR) is 329 cm³/mol. The van der Waals surface area contributed by atoms with Gasteiger partial charge in [0.05, 0.1) is 0 Å². The molecule has 6 heteroatoms. The summed E-state index contributed by atoms with van der Waals surface area (Å²) in [6, 6.07) is 0. The van der Waals surface area contributed by atoms with Crippen molar-refractivity contribution >= 4 is 17.9 Å². The van der Waals surface area contributed by atoms with Gasteiger partial charge in [-0.15, -0.1) is 0 Å². The zero-order chi connectivity index (χ0) is 55.0. The first-order valence-electron chi connectivity index (χ1n) is 30.8. The Morgan fingerprint density at radius 3 is 0.842 bits per heavy atom. The summed E-state index contributed by atoms with van der Waals surface area (Å²) in [5, 5.41) is 0. The molecular weight excluding hydrogens is 937 g/mol. The molecule has 0 N–H and O–H groups in total. The molecule has 0 amide bonds. The van der Waals surface area contributed by atoms with Crippen LogP contribution in [-0.2, 0) is 28.6 Å². The summed E-state index contributed by atoms with van der Waals surface area (Å²) in [5.74, 6) is -0.960. The van der Waals surface area contributed by atoms with E-state index in [4.69, 9.17) is 14.2 Å². The molecule has 0 saturated carbocycles. The molecule has 0 rings (SSSR count). The van der Waals surface area contributed by atoms with Crippen LogP contribution in [0.3, 0.4) is 0 Å². The van der Waals surface area contributed by atoms with Gasteiger partial charge in [-0.2, -0.15) is 0 Å². The molecular formula is C70H112O6. The Kier molecular flexibility index (Phi) is 58.9. The fraction of sp³-hybridized carbons (Fsp3) is 0.614. The van der Waals surface area contributed by atoms with E-state index in [0.717, 1.165) is 173 Å². The van der Waals surface area contributed by atoms with Gasteiger partial charge in [0, 0.05) is 19.3 Å². The normalized spacial score (nSPS) is 13.1. The van der Waals surface area contributed by atoms with Crippen LogP contribution in [0.25, 0.3) is 0 Å². The van der Waals surface area contributed by atoms with Gasteiger partial charge in [-0.25, -0.2) is 0 Å². The molecule has 0 spiro atoms. The zero-order valence-corrected chi connectivity index (χ0v) is 49.0. The number of allylic oxidation sites excluding steroid dienone is 24. The summed E-state index contributed by atoms with van der Waals surface area (Å²) >= 11 is 0. The number of carbonyl (C=O) groups excluding carboxylic acids is 3. The first-order valence-corrected chi connectivity index (χ1v) is 30.8. The van der Waals surface area contributed by atoms with Crippen molar-refractivity contribution in [3.05, 3.63) is 146 Å². The van der Waals surface area contributed by atoms with E-state index in [1.165, 1.54) is 44.9 Å². The number of hydrogen-bond donors (Lipinski definition) is 0. The minimum absolute atomic E-state index is 0.104. The Bertz CT molecular complexity index is 1680. The number of esters is 3. The molecule has 0 aliphatic heterocycles. The second-order valence-corrected chi connectivity index (χ2v) is 19.9. The predicted octanol–water partition coefficient (Wildman–Crippen LogP) is 21.2. The average Bonchev–Trinajstić information content (AvgIpc) is 3.42. The van der Waals surface area contributed by atoms with Gasteiger partial charge in [-0.05, 0) is 141 Å². The lowest BCUT2D eigenvalue weighted by Crippen LogP contribution is -2.30. The molecule has 0 aliphatic rings. The quantitative estimate of drug-likeness (QED) is 0.0261. The topological polar surface area (TPSA) is 78.9 Å². The molecule has 0 aromatic rings. The summed E-state index contributed by atoms with van der Waals surface area (Å²) < 4.78 is 16.8. The molecule has 0 aliphatic carbocycles. The molecule has 0 bridgehead atoms. The lowest BCUT2D eigenvalue weighted by molar-refractivity contribution is -0.167. The minimum Gasteiger partial charge on any atom is -0.462 e. The van der Waals surface area contributed by atoms with Gasteiger partial charge in [-0.1, -0.05) is 244 Å². The zero-order valence-electron chi connectivity index (χ0n) is 49.0. The number of hydrogen-bond acceptors (Lipinski definition) is 6. The smallest absolute Gasteiger partial charge is 0.306 e. The molecule has 1 atom stereocenters. The van der Waals surface area contributed by atoms with Crippen molar-refractivity contribution in [3.8, 4) is 0 Å². The van der Waals surface area contributed by atoms with E-state index in [1.807, 2.05) is 0 Å².